The molecule has 2 heterocycles. The summed E-state index contributed by atoms with van der Waals surface area (Å²) in [5, 5.41) is 29.0. The lowest BCUT2D eigenvalue weighted by Gasteiger charge is -2.27. The molecule has 1 aromatic heterocycles. The predicted molar refractivity (Wildman–Crippen MR) is 95.7 cm³/mol. The largest absolute Gasteiger partial charge is 0.394 e. The van der Waals surface area contributed by atoms with Gasteiger partial charge in [-0.2, -0.15) is 4.98 Å². The normalized spacial score (nSPS) is 26.9. The molecule has 5 atom stereocenters. The van der Waals surface area contributed by atoms with Gasteiger partial charge in [0, 0.05) is 19.7 Å². The zero-order valence-electron chi connectivity index (χ0n) is 16.0. The fraction of sp³-hybridized carbons (Fsp3) is 0.765. The number of hydrogen-bond donors (Lipinski definition) is 4. The minimum Gasteiger partial charge on any atom is -0.394 e. The quantitative estimate of drug-likeness (QED) is 0.341. The molecule has 1 saturated heterocycles. The molecule has 4 N–H and O–H groups in total. The van der Waals surface area contributed by atoms with Crippen molar-refractivity contribution in [1.82, 2.24) is 9.55 Å². The Morgan fingerprint density at radius 1 is 1.41 bits per heavy atom. The predicted octanol–water partition coefficient (Wildman–Crippen LogP) is -0.00290. The molecule has 0 saturated carbocycles. The summed E-state index contributed by atoms with van der Waals surface area (Å²) in [6.07, 6.45) is -2.32. The topological polar surface area (TPSA) is 135 Å². The Hall–Kier alpha value is -1.56. The number of aliphatic hydroxyl groups is 3. The van der Waals surface area contributed by atoms with Crippen LogP contribution in [-0.2, 0) is 14.3 Å². The molecular weight excluding hydrogens is 358 g/mol. The van der Waals surface area contributed by atoms with E-state index in [9.17, 15) is 15.0 Å². The van der Waals surface area contributed by atoms with Crippen molar-refractivity contribution < 1.29 is 29.6 Å². The first-order chi connectivity index (χ1) is 12.7. The van der Waals surface area contributed by atoms with E-state index >= 15 is 0 Å². The van der Waals surface area contributed by atoms with Gasteiger partial charge in [0.1, 0.15) is 18.3 Å². The maximum atomic E-state index is 12.3. The second-order valence-corrected chi connectivity index (χ2v) is 7.34. The second-order valence-electron chi connectivity index (χ2n) is 7.34. The van der Waals surface area contributed by atoms with Crippen molar-refractivity contribution in [2.45, 2.75) is 64.4 Å². The molecule has 1 aliphatic rings. The van der Waals surface area contributed by atoms with E-state index in [2.05, 4.69) is 31.2 Å². The number of rotatable bonds is 9. The summed E-state index contributed by atoms with van der Waals surface area (Å²) in [7, 11) is 1.53. The van der Waals surface area contributed by atoms with Crippen molar-refractivity contribution in [2.24, 2.45) is 5.41 Å². The highest BCUT2D eigenvalue weighted by atomic mass is 16.8. The van der Waals surface area contributed by atoms with E-state index in [1.54, 1.807) is 0 Å². The fourth-order valence-corrected chi connectivity index (χ4v) is 2.67. The summed E-state index contributed by atoms with van der Waals surface area (Å²) < 4.78 is 11.7. The average molecular weight is 387 g/mol. The molecular formula is C17H29N3O7. The minimum atomic E-state index is -1.36. The molecule has 154 valence electrons. The van der Waals surface area contributed by atoms with Gasteiger partial charge in [-0.1, -0.05) is 27.2 Å². The van der Waals surface area contributed by atoms with Gasteiger partial charge < -0.3 is 24.8 Å². The number of methoxy groups -OCH3 is 1. The standard InChI is InChI=1S/C17H29N3O7/c1-5-17(2,3)8-12(25-4)27-19-11-6-7-20(16(24)18-11)15-14(23)13(22)10(9-21)26-15/h6-7,10,12-15,21-23H,5,8-9H2,1-4H3,(H,18,19,24)/t10-,12?,13-,14-,15-/m1/s1. The lowest BCUT2D eigenvalue weighted by atomic mass is 9.86. The fourth-order valence-electron chi connectivity index (χ4n) is 2.67. The van der Waals surface area contributed by atoms with Crippen LogP contribution >= 0.6 is 0 Å². The highest BCUT2D eigenvalue weighted by Crippen LogP contribution is 2.29. The van der Waals surface area contributed by atoms with Gasteiger partial charge in [0.15, 0.2) is 18.3 Å². The molecule has 2 rings (SSSR count). The third-order valence-corrected chi connectivity index (χ3v) is 4.86. The van der Waals surface area contributed by atoms with E-state index < -0.39 is 43.1 Å². The molecule has 0 aromatic carbocycles. The van der Waals surface area contributed by atoms with E-state index in [1.165, 1.54) is 19.4 Å². The summed E-state index contributed by atoms with van der Waals surface area (Å²) in [6, 6.07) is 1.47. The van der Waals surface area contributed by atoms with Gasteiger partial charge in [-0.3, -0.25) is 4.57 Å². The van der Waals surface area contributed by atoms with E-state index in [4.69, 9.17) is 19.4 Å². The SMILES string of the molecule is CCC(C)(C)CC(OC)ONc1ccn([C@@H]2O[C@H](CO)[C@@H](O)[C@H]2O)c(=O)n1. The molecule has 0 spiro atoms. The summed E-state index contributed by atoms with van der Waals surface area (Å²) in [4.78, 5) is 21.6. The number of nitrogens with one attached hydrogen (secondary N) is 1. The van der Waals surface area contributed by atoms with Crippen LogP contribution in [0.25, 0.3) is 0 Å². The minimum absolute atomic E-state index is 0.0270. The Labute approximate surface area is 157 Å². The summed E-state index contributed by atoms with van der Waals surface area (Å²) in [5.74, 6) is 0.166. The second kappa shape index (κ2) is 9.09. The molecule has 1 fully saturated rings. The monoisotopic (exact) mass is 387 g/mol. The van der Waals surface area contributed by atoms with Crippen molar-refractivity contribution in [2.75, 3.05) is 19.2 Å². The van der Waals surface area contributed by atoms with E-state index in [0.29, 0.717) is 6.42 Å². The Morgan fingerprint density at radius 2 is 2.11 bits per heavy atom. The highest BCUT2D eigenvalue weighted by molar-refractivity contribution is 5.28. The van der Waals surface area contributed by atoms with Crippen LogP contribution in [0.2, 0.25) is 0 Å². The van der Waals surface area contributed by atoms with Gasteiger partial charge in [-0.25, -0.2) is 15.1 Å². The third kappa shape index (κ3) is 5.24. The molecule has 27 heavy (non-hydrogen) atoms. The summed E-state index contributed by atoms with van der Waals surface area (Å²) in [5.41, 5.74) is 1.92. The van der Waals surface area contributed by atoms with E-state index in [1.807, 2.05) is 0 Å². The Morgan fingerprint density at radius 3 is 2.63 bits per heavy atom. The molecule has 0 bridgehead atoms. The number of aromatic nitrogens is 2. The Kier molecular flexibility index (Phi) is 7.32. The number of anilines is 1. The van der Waals surface area contributed by atoms with Crippen LogP contribution in [0.15, 0.2) is 17.1 Å². The van der Waals surface area contributed by atoms with Gasteiger partial charge in [0.05, 0.1) is 6.61 Å². The smallest absolute Gasteiger partial charge is 0.351 e. The average Bonchev–Trinajstić information content (AvgIpc) is 2.93. The van der Waals surface area contributed by atoms with Gasteiger partial charge >= 0.3 is 5.69 Å². The van der Waals surface area contributed by atoms with E-state index in [-0.39, 0.29) is 11.2 Å². The van der Waals surface area contributed by atoms with Crippen LogP contribution in [0.4, 0.5) is 5.82 Å². The first-order valence-corrected chi connectivity index (χ1v) is 8.88. The number of hydrogen-bond acceptors (Lipinski definition) is 9. The van der Waals surface area contributed by atoms with Crippen LogP contribution in [-0.4, -0.2) is 63.2 Å². The van der Waals surface area contributed by atoms with Crippen LogP contribution in [0, 0.1) is 5.41 Å². The lowest BCUT2D eigenvalue weighted by Crippen LogP contribution is -2.36. The maximum absolute atomic E-state index is 12.3. The highest BCUT2D eigenvalue weighted by Gasteiger charge is 2.43. The summed E-state index contributed by atoms with van der Waals surface area (Å²) >= 11 is 0. The lowest BCUT2D eigenvalue weighted by molar-refractivity contribution is -0.123. The summed E-state index contributed by atoms with van der Waals surface area (Å²) in [6.45, 7) is 5.81. The Bertz CT molecular complexity index is 666. The molecule has 1 aliphatic heterocycles. The number of aliphatic hydroxyl groups excluding tert-OH is 3. The first-order valence-electron chi connectivity index (χ1n) is 8.88. The van der Waals surface area contributed by atoms with Crippen molar-refractivity contribution in [3.8, 4) is 0 Å². The van der Waals surface area contributed by atoms with Gasteiger partial charge in [0.25, 0.3) is 0 Å². The molecule has 0 amide bonds. The molecule has 0 radical (unpaired) electrons. The van der Waals surface area contributed by atoms with Gasteiger partial charge in [-0.15, -0.1) is 0 Å². The van der Waals surface area contributed by atoms with Crippen molar-refractivity contribution in [1.29, 1.82) is 0 Å². The van der Waals surface area contributed by atoms with Gasteiger partial charge in [0.2, 0.25) is 0 Å². The molecule has 1 aromatic rings. The van der Waals surface area contributed by atoms with Gasteiger partial charge in [-0.05, 0) is 11.5 Å². The zero-order chi connectivity index (χ0) is 20.2. The molecule has 1 unspecified atom stereocenters. The first kappa shape index (κ1) is 21.7. The van der Waals surface area contributed by atoms with Crippen molar-refractivity contribution in [3.05, 3.63) is 22.7 Å². The number of ether oxygens (including phenoxy) is 2. The number of nitrogens with zero attached hydrogens (tertiary/aromatic N) is 2. The van der Waals surface area contributed by atoms with Crippen LogP contribution in [0.1, 0.15) is 39.8 Å². The van der Waals surface area contributed by atoms with Crippen LogP contribution in [0.3, 0.4) is 0 Å². The van der Waals surface area contributed by atoms with Crippen molar-refractivity contribution >= 4 is 5.82 Å². The van der Waals surface area contributed by atoms with Crippen molar-refractivity contribution in [3.63, 3.8) is 0 Å². The van der Waals surface area contributed by atoms with Crippen LogP contribution in [0.5, 0.6) is 0 Å². The zero-order valence-corrected chi connectivity index (χ0v) is 16.0. The molecule has 0 aliphatic carbocycles. The van der Waals surface area contributed by atoms with E-state index in [0.717, 1.165) is 11.0 Å². The van der Waals surface area contributed by atoms with Crippen LogP contribution < -0.4 is 11.2 Å². The molecule has 10 nitrogen and oxygen atoms in total. The third-order valence-electron chi connectivity index (χ3n) is 4.86. The molecule has 10 heteroatoms. The Balaban J connectivity index is 2.03. The maximum Gasteiger partial charge on any atom is 0.351 e.